The summed E-state index contributed by atoms with van der Waals surface area (Å²) in [6.45, 7) is 1.30. The summed E-state index contributed by atoms with van der Waals surface area (Å²) in [6, 6.07) is 5.64. The molecule has 23 heavy (non-hydrogen) atoms. The number of carbonyl (C=O) groups is 1. The average molecular weight is 318 g/mol. The molecule has 0 bridgehead atoms. The Bertz CT molecular complexity index is 555. The van der Waals surface area contributed by atoms with E-state index >= 15 is 0 Å². The SMILES string of the molecule is COc1cc(C(=O)N2CCC[C@H]2CN)ccc1OC1CCCC1. The second-order valence-electron chi connectivity index (χ2n) is 6.42. The lowest BCUT2D eigenvalue weighted by Gasteiger charge is -2.24. The molecular formula is C18H26N2O3. The molecule has 3 rings (SSSR count). The van der Waals surface area contributed by atoms with E-state index < -0.39 is 0 Å². The Morgan fingerprint density at radius 2 is 2.00 bits per heavy atom. The number of hydrogen-bond donors (Lipinski definition) is 1. The molecule has 0 spiro atoms. The minimum absolute atomic E-state index is 0.0312. The van der Waals surface area contributed by atoms with Gasteiger partial charge in [0.2, 0.25) is 0 Å². The highest BCUT2D eigenvalue weighted by Gasteiger charge is 2.29. The fraction of sp³-hybridized carbons (Fsp3) is 0.611. The lowest BCUT2D eigenvalue weighted by molar-refractivity contribution is 0.0740. The van der Waals surface area contributed by atoms with E-state index in [1.807, 2.05) is 17.0 Å². The van der Waals surface area contributed by atoms with Gasteiger partial charge in [-0.3, -0.25) is 4.79 Å². The van der Waals surface area contributed by atoms with Crippen molar-refractivity contribution in [2.45, 2.75) is 50.7 Å². The summed E-state index contributed by atoms with van der Waals surface area (Å²) < 4.78 is 11.5. The van der Waals surface area contributed by atoms with Crippen molar-refractivity contribution in [3.63, 3.8) is 0 Å². The van der Waals surface area contributed by atoms with Gasteiger partial charge in [-0.25, -0.2) is 0 Å². The summed E-state index contributed by atoms with van der Waals surface area (Å²) in [5.41, 5.74) is 6.41. The lowest BCUT2D eigenvalue weighted by Crippen LogP contribution is -2.39. The number of ether oxygens (including phenoxy) is 2. The average Bonchev–Trinajstić information content (AvgIpc) is 3.25. The Labute approximate surface area is 137 Å². The first-order valence-corrected chi connectivity index (χ1v) is 8.58. The number of benzene rings is 1. The van der Waals surface area contributed by atoms with Crippen LogP contribution in [0.3, 0.4) is 0 Å². The van der Waals surface area contributed by atoms with E-state index in [1.165, 1.54) is 12.8 Å². The molecule has 5 nitrogen and oxygen atoms in total. The summed E-state index contributed by atoms with van der Waals surface area (Å²) in [6.07, 6.45) is 6.91. The van der Waals surface area contributed by atoms with Gasteiger partial charge in [0, 0.05) is 24.7 Å². The van der Waals surface area contributed by atoms with E-state index in [0.29, 0.717) is 17.9 Å². The summed E-state index contributed by atoms with van der Waals surface area (Å²) in [7, 11) is 1.61. The van der Waals surface area contributed by atoms with Crippen LogP contribution in [0.4, 0.5) is 0 Å². The van der Waals surface area contributed by atoms with Crippen LogP contribution in [0.5, 0.6) is 11.5 Å². The van der Waals surface area contributed by atoms with E-state index in [-0.39, 0.29) is 18.1 Å². The summed E-state index contributed by atoms with van der Waals surface area (Å²) in [5, 5.41) is 0. The van der Waals surface area contributed by atoms with Gasteiger partial charge in [-0.15, -0.1) is 0 Å². The maximum absolute atomic E-state index is 12.7. The Morgan fingerprint density at radius 1 is 1.22 bits per heavy atom. The van der Waals surface area contributed by atoms with Crippen LogP contribution < -0.4 is 15.2 Å². The molecule has 5 heteroatoms. The van der Waals surface area contributed by atoms with Crippen molar-refractivity contribution in [2.75, 3.05) is 20.2 Å². The molecule has 1 saturated carbocycles. The van der Waals surface area contributed by atoms with Crippen molar-refractivity contribution in [1.29, 1.82) is 0 Å². The minimum atomic E-state index is 0.0312. The van der Waals surface area contributed by atoms with Crippen LogP contribution in [0.2, 0.25) is 0 Å². The Kier molecular flexibility index (Phi) is 5.06. The van der Waals surface area contributed by atoms with Gasteiger partial charge in [0.15, 0.2) is 11.5 Å². The number of nitrogens with zero attached hydrogens (tertiary/aromatic N) is 1. The highest BCUT2D eigenvalue weighted by Crippen LogP contribution is 2.33. The normalized spacial score (nSPS) is 21.7. The predicted octanol–water partition coefficient (Wildman–Crippen LogP) is 2.58. The van der Waals surface area contributed by atoms with Crippen LogP contribution >= 0.6 is 0 Å². The van der Waals surface area contributed by atoms with Gasteiger partial charge in [0.1, 0.15) is 0 Å². The van der Waals surface area contributed by atoms with Gasteiger partial charge in [-0.1, -0.05) is 0 Å². The van der Waals surface area contributed by atoms with Gasteiger partial charge in [0.25, 0.3) is 5.91 Å². The first-order valence-electron chi connectivity index (χ1n) is 8.58. The van der Waals surface area contributed by atoms with E-state index in [2.05, 4.69) is 0 Å². The molecule has 126 valence electrons. The first-order chi connectivity index (χ1) is 11.2. The molecule has 2 N–H and O–H groups in total. The standard InChI is InChI=1S/C18H26N2O3/c1-22-17-11-13(18(21)20-10-4-5-14(20)12-19)8-9-16(17)23-15-6-2-3-7-15/h8-9,11,14-15H,2-7,10,12,19H2,1H3/t14-/m0/s1. The first kappa shape index (κ1) is 16.1. The van der Waals surface area contributed by atoms with Crippen molar-refractivity contribution >= 4 is 5.91 Å². The maximum Gasteiger partial charge on any atom is 0.254 e. The maximum atomic E-state index is 12.7. The molecule has 1 amide bonds. The summed E-state index contributed by atoms with van der Waals surface area (Å²) in [4.78, 5) is 14.6. The van der Waals surface area contributed by atoms with E-state index in [4.69, 9.17) is 15.2 Å². The van der Waals surface area contributed by atoms with Crippen LogP contribution in [0.15, 0.2) is 18.2 Å². The zero-order chi connectivity index (χ0) is 16.2. The number of amides is 1. The Hall–Kier alpha value is -1.75. The van der Waals surface area contributed by atoms with Crippen LogP contribution in [0.1, 0.15) is 48.9 Å². The van der Waals surface area contributed by atoms with Crippen LogP contribution in [-0.4, -0.2) is 43.2 Å². The molecular weight excluding hydrogens is 292 g/mol. The molecule has 1 saturated heterocycles. The van der Waals surface area contributed by atoms with Crippen molar-refractivity contribution < 1.29 is 14.3 Å². The number of methoxy groups -OCH3 is 1. The number of likely N-dealkylation sites (tertiary alicyclic amines) is 1. The molecule has 0 unspecified atom stereocenters. The van der Waals surface area contributed by atoms with Crippen molar-refractivity contribution in [3.8, 4) is 11.5 Å². The topological polar surface area (TPSA) is 64.8 Å². The second-order valence-corrected chi connectivity index (χ2v) is 6.42. The van der Waals surface area contributed by atoms with Crippen LogP contribution in [0, 0.1) is 0 Å². The predicted molar refractivity (Wildman–Crippen MR) is 89.0 cm³/mol. The lowest BCUT2D eigenvalue weighted by atomic mass is 10.1. The van der Waals surface area contributed by atoms with Gasteiger partial charge < -0.3 is 20.1 Å². The molecule has 1 aliphatic carbocycles. The number of hydrogen-bond acceptors (Lipinski definition) is 4. The fourth-order valence-corrected chi connectivity index (χ4v) is 3.60. The largest absolute Gasteiger partial charge is 0.493 e. The van der Waals surface area contributed by atoms with Crippen LogP contribution in [-0.2, 0) is 0 Å². The van der Waals surface area contributed by atoms with Gasteiger partial charge >= 0.3 is 0 Å². The van der Waals surface area contributed by atoms with Crippen molar-refractivity contribution in [2.24, 2.45) is 5.73 Å². The van der Waals surface area contributed by atoms with Crippen molar-refractivity contribution in [3.05, 3.63) is 23.8 Å². The fourth-order valence-electron chi connectivity index (χ4n) is 3.60. The van der Waals surface area contributed by atoms with Gasteiger partial charge in [-0.05, 0) is 56.7 Å². The van der Waals surface area contributed by atoms with E-state index in [1.54, 1.807) is 13.2 Å². The van der Waals surface area contributed by atoms with Gasteiger partial charge in [-0.2, -0.15) is 0 Å². The third-order valence-electron chi connectivity index (χ3n) is 4.92. The molecule has 2 aliphatic rings. The zero-order valence-electron chi connectivity index (χ0n) is 13.8. The van der Waals surface area contributed by atoms with E-state index in [9.17, 15) is 4.79 Å². The summed E-state index contributed by atoms with van der Waals surface area (Å²) in [5.74, 6) is 1.39. The molecule has 1 aliphatic heterocycles. The zero-order valence-corrected chi connectivity index (χ0v) is 13.8. The highest BCUT2D eigenvalue weighted by molar-refractivity contribution is 5.95. The molecule has 1 aromatic carbocycles. The Balaban J connectivity index is 1.76. The number of nitrogens with two attached hydrogens (primary N) is 1. The summed E-state index contributed by atoms with van der Waals surface area (Å²) >= 11 is 0. The second kappa shape index (κ2) is 7.21. The number of carbonyl (C=O) groups excluding carboxylic acids is 1. The van der Waals surface area contributed by atoms with Crippen molar-refractivity contribution in [1.82, 2.24) is 4.90 Å². The molecule has 2 fully saturated rings. The number of rotatable bonds is 5. The highest BCUT2D eigenvalue weighted by atomic mass is 16.5. The third-order valence-corrected chi connectivity index (χ3v) is 4.92. The Morgan fingerprint density at radius 3 is 2.70 bits per heavy atom. The molecule has 0 aromatic heterocycles. The van der Waals surface area contributed by atoms with E-state index in [0.717, 1.165) is 38.0 Å². The molecule has 1 atom stereocenters. The molecule has 1 aromatic rings. The third kappa shape index (κ3) is 3.44. The molecule has 1 heterocycles. The smallest absolute Gasteiger partial charge is 0.254 e. The van der Waals surface area contributed by atoms with Crippen LogP contribution in [0.25, 0.3) is 0 Å². The van der Waals surface area contributed by atoms with Gasteiger partial charge in [0.05, 0.1) is 13.2 Å². The minimum Gasteiger partial charge on any atom is -0.493 e. The quantitative estimate of drug-likeness (QED) is 0.906. The monoisotopic (exact) mass is 318 g/mol. The molecule has 0 radical (unpaired) electrons.